The maximum Gasteiger partial charge on any atom is 0.424 e. The van der Waals surface area contributed by atoms with E-state index in [0.717, 1.165) is 31.5 Å². The third-order valence-electron chi connectivity index (χ3n) is 3.47. The van der Waals surface area contributed by atoms with Gasteiger partial charge in [-0.25, -0.2) is 14.8 Å². The summed E-state index contributed by atoms with van der Waals surface area (Å²) in [5.74, 6) is 0. The second-order valence-corrected chi connectivity index (χ2v) is 6.16. The van der Waals surface area contributed by atoms with E-state index in [1.54, 1.807) is 5.01 Å². The number of hydrogen-bond acceptors (Lipinski definition) is 3. The Labute approximate surface area is 121 Å². The number of nitrogens with zero attached hydrogens (tertiary/aromatic N) is 2. The summed E-state index contributed by atoms with van der Waals surface area (Å²) in [6, 6.07) is 9.78. The van der Waals surface area contributed by atoms with Gasteiger partial charge in [0, 0.05) is 18.6 Å². The highest BCUT2D eigenvalue weighted by Gasteiger charge is 2.33. The Kier molecular flexibility index (Phi) is 4.65. The van der Waals surface area contributed by atoms with E-state index in [9.17, 15) is 4.79 Å². The molecular weight excluding hydrogens is 252 g/mol. The maximum absolute atomic E-state index is 12.3. The Hall–Kier alpha value is -1.55. The molecule has 110 valence electrons. The van der Waals surface area contributed by atoms with Gasteiger partial charge in [0.15, 0.2) is 0 Å². The lowest BCUT2D eigenvalue weighted by Gasteiger charge is -2.45. The summed E-state index contributed by atoms with van der Waals surface area (Å²) in [6.07, 6.45) is 1.91. The summed E-state index contributed by atoms with van der Waals surface area (Å²) in [6.45, 7) is 8.34. The van der Waals surface area contributed by atoms with Crippen molar-refractivity contribution in [2.24, 2.45) is 0 Å². The van der Waals surface area contributed by atoms with Crippen molar-refractivity contribution in [3.63, 3.8) is 0 Å². The molecule has 0 unspecified atom stereocenters. The fourth-order valence-corrected chi connectivity index (χ4v) is 2.45. The van der Waals surface area contributed by atoms with Crippen LogP contribution in [-0.4, -0.2) is 34.7 Å². The van der Waals surface area contributed by atoms with Gasteiger partial charge in [0.1, 0.15) is 6.61 Å². The number of rotatable bonds is 2. The smallest absolute Gasteiger partial charge is 0.424 e. The van der Waals surface area contributed by atoms with E-state index in [2.05, 4.69) is 25.8 Å². The predicted octanol–water partition coefficient (Wildman–Crippen LogP) is 3.43. The molecule has 2 rings (SSSR count). The zero-order valence-electron chi connectivity index (χ0n) is 12.6. The Morgan fingerprint density at radius 1 is 1.15 bits per heavy atom. The highest BCUT2D eigenvalue weighted by atomic mass is 16.6. The van der Waals surface area contributed by atoms with E-state index in [0.29, 0.717) is 6.61 Å². The van der Waals surface area contributed by atoms with Gasteiger partial charge >= 0.3 is 6.09 Å². The van der Waals surface area contributed by atoms with Crippen LogP contribution in [0.3, 0.4) is 0 Å². The summed E-state index contributed by atoms with van der Waals surface area (Å²) in [5.41, 5.74) is 0.951. The van der Waals surface area contributed by atoms with Gasteiger partial charge in [-0.1, -0.05) is 30.3 Å². The first-order chi connectivity index (χ1) is 9.48. The highest BCUT2D eigenvalue weighted by molar-refractivity contribution is 5.67. The lowest BCUT2D eigenvalue weighted by molar-refractivity contribution is -0.0968. The van der Waals surface area contributed by atoms with E-state index in [1.165, 1.54) is 0 Å². The molecule has 1 fully saturated rings. The number of amides is 1. The van der Waals surface area contributed by atoms with Crippen molar-refractivity contribution < 1.29 is 9.53 Å². The fourth-order valence-electron chi connectivity index (χ4n) is 2.45. The van der Waals surface area contributed by atoms with Gasteiger partial charge in [0.2, 0.25) is 0 Å². The van der Waals surface area contributed by atoms with Crippen molar-refractivity contribution in [3.8, 4) is 0 Å². The van der Waals surface area contributed by atoms with Crippen LogP contribution in [0.2, 0.25) is 0 Å². The normalized spacial score (nSPS) is 17.1. The third-order valence-corrected chi connectivity index (χ3v) is 3.47. The second kappa shape index (κ2) is 6.27. The molecule has 0 aromatic heterocycles. The summed E-state index contributed by atoms with van der Waals surface area (Å²) in [7, 11) is 0. The third kappa shape index (κ3) is 3.73. The van der Waals surface area contributed by atoms with Gasteiger partial charge in [0.05, 0.1) is 0 Å². The lowest BCUT2D eigenvalue weighted by Crippen LogP contribution is -2.58. The van der Waals surface area contributed by atoms with Gasteiger partial charge in [-0.3, -0.25) is 0 Å². The highest BCUT2D eigenvalue weighted by Crippen LogP contribution is 2.22. The second-order valence-electron chi connectivity index (χ2n) is 6.16. The van der Waals surface area contributed by atoms with Crippen LogP contribution in [0.5, 0.6) is 0 Å². The minimum atomic E-state index is -0.247. The van der Waals surface area contributed by atoms with Crippen molar-refractivity contribution in [1.29, 1.82) is 0 Å². The number of carbonyl (C=O) groups excluding carboxylic acids is 1. The van der Waals surface area contributed by atoms with Crippen molar-refractivity contribution in [2.75, 3.05) is 13.1 Å². The van der Waals surface area contributed by atoms with Crippen LogP contribution in [-0.2, 0) is 11.3 Å². The van der Waals surface area contributed by atoms with Crippen LogP contribution < -0.4 is 0 Å². The molecule has 4 heteroatoms. The summed E-state index contributed by atoms with van der Waals surface area (Å²) < 4.78 is 5.44. The number of benzene rings is 1. The lowest BCUT2D eigenvalue weighted by atomic mass is 10.1. The Morgan fingerprint density at radius 3 is 2.45 bits per heavy atom. The topological polar surface area (TPSA) is 32.8 Å². The molecule has 0 saturated carbocycles. The molecule has 0 radical (unpaired) electrons. The van der Waals surface area contributed by atoms with Crippen LogP contribution in [0.15, 0.2) is 30.3 Å². The van der Waals surface area contributed by atoms with Crippen molar-refractivity contribution in [3.05, 3.63) is 35.9 Å². The van der Waals surface area contributed by atoms with Crippen LogP contribution in [0.1, 0.15) is 39.2 Å². The predicted molar refractivity (Wildman–Crippen MR) is 79.0 cm³/mol. The van der Waals surface area contributed by atoms with Gasteiger partial charge < -0.3 is 4.74 Å². The quantitative estimate of drug-likeness (QED) is 0.829. The van der Waals surface area contributed by atoms with E-state index in [4.69, 9.17) is 4.74 Å². The number of carbonyl (C=O) groups is 1. The van der Waals surface area contributed by atoms with E-state index >= 15 is 0 Å². The molecule has 4 nitrogen and oxygen atoms in total. The summed E-state index contributed by atoms with van der Waals surface area (Å²) >= 11 is 0. The number of hydrazine groups is 1. The standard InChI is InChI=1S/C16H24N2O2/c1-16(2,3)18-12-8-7-11-17(18)15(19)20-13-14-9-5-4-6-10-14/h4-6,9-10H,7-8,11-13H2,1-3H3. The molecule has 0 aliphatic carbocycles. The summed E-state index contributed by atoms with van der Waals surface area (Å²) in [5, 5.41) is 3.87. The Balaban J connectivity index is 1.96. The summed E-state index contributed by atoms with van der Waals surface area (Å²) in [4.78, 5) is 12.3. The zero-order chi connectivity index (χ0) is 14.6. The number of ether oxygens (including phenoxy) is 1. The van der Waals surface area contributed by atoms with Gasteiger partial charge in [-0.15, -0.1) is 0 Å². The Bertz CT molecular complexity index is 440. The van der Waals surface area contributed by atoms with E-state index < -0.39 is 0 Å². The molecule has 1 heterocycles. The fraction of sp³-hybridized carbons (Fsp3) is 0.562. The van der Waals surface area contributed by atoms with Crippen molar-refractivity contribution >= 4 is 6.09 Å². The van der Waals surface area contributed by atoms with Gasteiger partial charge in [-0.05, 0) is 39.2 Å². The molecule has 0 atom stereocenters. The maximum atomic E-state index is 12.3. The van der Waals surface area contributed by atoms with Crippen molar-refractivity contribution in [1.82, 2.24) is 10.0 Å². The van der Waals surface area contributed by atoms with Gasteiger partial charge in [-0.2, -0.15) is 0 Å². The average Bonchev–Trinajstić information content (AvgIpc) is 2.45. The molecule has 0 spiro atoms. The van der Waals surface area contributed by atoms with Crippen LogP contribution >= 0.6 is 0 Å². The molecule has 1 aromatic rings. The van der Waals surface area contributed by atoms with E-state index in [1.807, 2.05) is 30.3 Å². The minimum absolute atomic E-state index is 0.0633. The molecule has 0 bridgehead atoms. The molecule has 1 aliphatic rings. The first-order valence-electron chi connectivity index (χ1n) is 7.24. The van der Waals surface area contributed by atoms with E-state index in [-0.39, 0.29) is 11.6 Å². The minimum Gasteiger partial charge on any atom is -0.444 e. The molecule has 1 aliphatic heterocycles. The van der Waals surface area contributed by atoms with Crippen LogP contribution in [0, 0.1) is 0 Å². The zero-order valence-corrected chi connectivity index (χ0v) is 12.6. The molecule has 20 heavy (non-hydrogen) atoms. The SMILES string of the molecule is CC(C)(C)N1CCCCN1C(=O)OCc1ccccc1. The Morgan fingerprint density at radius 2 is 1.80 bits per heavy atom. The largest absolute Gasteiger partial charge is 0.444 e. The molecule has 0 N–H and O–H groups in total. The van der Waals surface area contributed by atoms with Crippen LogP contribution in [0.25, 0.3) is 0 Å². The first kappa shape index (κ1) is 14.9. The van der Waals surface area contributed by atoms with Crippen LogP contribution in [0.4, 0.5) is 4.79 Å². The molecule has 1 saturated heterocycles. The number of hydrogen-bond donors (Lipinski definition) is 0. The van der Waals surface area contributed by atoms with Crippen molar-refractivity contribution in [2.45, 2.75) is 45.8 Å². The molecule has 1 amide bonds. The first-order valence-corrected chi connectivity index (χ1v) is 7.24. The monoisotopic (exact) mass is 276 g/mol. The average molecular weight is 276 g/mol. The molecular formula is C16H24N2O2. The van der Waals surface area contributed by atoms with Gasteiger partial charge in [0.25, 0.3) is 0 Å². The molecule has 1 aromatic carbocycles.